The van der Waals surface area contributed by atoms with Gasteiger partial charge in [0.25, 0.3) is 0 Å². The zero-order valence-electron chi connectivity index (χ0n) is 8.71. The van der Waals surface area contributed by atoms with Gasteiger partial charge in [-0.15, -0.1) is 0 Å². The van der Waals surface area contributed by atoms with Crippen molar-refractivity contribution in [1.82, 2.24) is 4.90 Å². The Bertz CT molecular complexity index is 406. The highest BCUT2D eigenvalue weighted by molar-refractivity contribution is 7.92. The van der Waals surface area contributed by atoms with Gasteiger partial charge in [0.2, 0.25) is 0 Å². The summed E-state index contributed by atoms with van der Waals surface area (Å²) in [4.78, 5) is 22.7. The lowest BCUT2D eigenvalue weighted by atomic mass is 9.96. The van der Waals surface area contributed by atoms with Gasteiger partial charge in [-0.25, -0.2) is 13.2 Å². The summed E-state index contributed by atoms with van der Waals surface area (Å²) in [6.45, 7) is -0.149. The second-order valence-corrected chi connectivity index (χ2v) is 6.17. The van der Waals surface area contributed by atoms with Crippen LogP contribution in [0.5, 0.6) is 0 Å². The van der Waals surface area contributed by atoms with Crippen molar-refractivity contribution in [2.24, 2.45) is 0 Å². The molecule has 1 fully saturated rings. The normalized spacial score (nSPS) is 20.4. The van der Waals surface area contributed by atoms with Gasteiger partial charge in [0, 0.05) is 19.3 Å². The molecular formula is C8H13NO6S. The lowest BCUT2D eigenvalue weighted by Crippen LogP contribution is -2.54. The predicted octanol–water partition coefficient (Wildman–Crippen LogP) is -0.372. The molecule has 7 nitrogen and oxygen atoms in total. The standard InChI is InChI=1S/C8H13NO6S/c1-16(14,15)8(6(10)11)2-4-9(5-3-8)7(12)13/h2-5H2,1H3,(H,10,11)(H,12,13). The maximum Gasteiger partial charge on any atom is 0.407 e. The van der Waals surface area contributed by atoms with Gasteiger partial charge in [0.1, 0.15) is 0 Å². The van der Waals surface area contributed by atoms with Gasteiger partial charge in [-0.1, -0.05) is 0 Å². The lowest BCUT2D eigenvalue weighted by molar-refractivity contribution is -0.141. The van der Waals surface area contributed by atoms with E-state index >= 15 is 0 Å². The third kappa shape index (κ3) is 1.97. The fraction of sp³-hybridized carbons (Fsp3) is 0.750. The molecule has 0 radical (unpaired) electrons. The first-order valence-corrected chi connectivity index (χ1v) is 6.51. The van der Waals surface area contributed by atoms with E-state index in [4.69, 9.17) is 10.2 Å². The van der Waals surface area contributed by atoms with Gasteiger partial charge < -0.3 is 15.1 Å². The molecule has 1 aliphatic heterocycles. The van der Waals surface area contributed by atoms with Crippen LogP contribution in [0.4, 0.5) is 4.79 Å². The first kappa shape index (κ1) is 12.8. The summed E-state index contributed by atoms with van der Waals surface area (Å²) < 4.78 is 21.1. The van der Waals surface area contributed by atoms with Gasteiger partial charge in [-0.05, 0) is 12.8 Å². The molecule has 0 aromatic heterocycles. The van der Waals surface area contributed by atoms with Crippen molar-refractivity contribution in [2.75, 3.05) is 19.3 Å². The first-order valence-electron chi connectivity index (χ1n) is 4.61. The maximum absolute atomic E-state index is 11.5. The number of carbonyl (C=O) groups is 2. The minimum atomic E-state index is -3.76. The van der Waals surface area contributed by atoms with Gasteiger partial charge >= 0.3 is 12.1 Å². The van der Waals surface area contributed by atoms with Crippen LogP contribution >= 0.6 is 0 Å². The van der Waals surface area contributed by atoms with Crippen LogP contribution < -0.4 is 0 Å². The molecule has 0 unspecified atom stereocenters. The molecule has 0 aliphatic carbocycles. The van der Waals surface area contributed by atoms with E-state index in [1.54, 1.807) is 0 Å². The highest BCUT2D eigenvalue weighted by Crippen LogP contribution is 2.30. The number of piperidine rings is 1. The number of hydrogen-bond acceptors (Lipinski definition) is 4. The molecule has 1 aliphatic rings. The number of hydrogen-bond donors (Lipinski definition) is 2. The Morgan fingerprint density at radius 2 is 1.62 bits per heavy atom. The Morgan fingerprint density at radius 3 is 1.88 bits per heavy atom. The smallest absolute Gasteiger partial charge is 0.407 e. The average molecular weight is 251 g/mol. The fourth-order valence-corrected chi connectivity index (χ4v) is 3.04. The third-order valence-electron chi connectivity index (χ3n) is 2.94. The molecule has 1 amide bonds. The molecule has 0 saturated carbocycles. The number of aliphatic carboxylic acids is 1. The molecule has 0 spiro atoms. The van der Waals surface area contributed by atoms with Crippen molar-refractivity contribution in [3.05, 3.63) is 0 Å². The SMILES string of the molecule is CS(=O)(=O)C1(C(=O)O)CCN(C(=O)O)CC1. The molecule has 92 valence electrons. The molecule has 1 rings (SSSR count). The number of carboxylic acids is 1. The molecule has 0 atom stereocenters. The molecule has 1 saturated heterocycles. The van der Waals surface area contributed by atoms with Gasteiger partial charge in [0.15, 0.2) is 14.6 Å². The molecule has 2 N–H and O–H groups in total. The summed E-state index contributed by atoms with van der Waals surface area (Å²) in [6, 6.07) is 0. The number of carboxylic acid groups (broad SMARTS) is 2. The zero-order chi connectivity index (χ0) is 12.6. The van der Waals surface area contributed by atoms with E-state index in [0.29, 0.717) is 0 Å². The predicted molar refractivity (Wildman–Crippen MR) is 54.0 cm³/mol. The Labute approximate surface area is 92.6 Å². The van der Waals surface area contributed by atoms with Crippen molar-refractivity contribution in [3.8, 4) is 0 Å². The van der Waals surface area contributed by atoms with Crippen LogP contribution in [0.25, 0.3) is 0 Å². The summed E-state index contributed by atoms with van der Waals surface area (Å²) >= 11 is 0. The second-order valence-electron chi connectivity index (χ2n) is 3.84. The molecule has 0 aromatic carbocycles. The third-order valence-corrected chi connectivity index (χ3v) is 4.94. The second kappa shape index (κ2) is 3.93. The van der Waals surface area contributed by atoms with Crippen molar-refractivity contribution < 1.29 is 28.2 Å². The van der Waals surface area contributed by atoms with Crippen LogP contribution in [-0.4, -0.2) is 59.7 Å². The highest BCUT2D eigenvalue weighted by Gasteiger charge is 2.50. The first-order chi connectivity index (χ1) is 7.21. The molecule has 1 heterocycles. The van der Waals surface area contributed by atoms with E-state index in [9.17, 15) is 18.0 Å². The molecular weight excluding hydrogens is 238 g/mol. The molecule has 0 aromatic rings. The van der Waals surface area contributed by atoms with E-state index in [1.807, 2.05) is 0 Å². The Hall–Kier alpha value is -1.31. The van der Waals surface area contributed by atoms with Gasteiger partial charge in [0.05, 0.1) is 0 Å². The molecule has 0 bridgehead atoms. The van der Waals surface area contributed by atoms with Crippen molar-refractivity contribution in [2.45, 2.75) is 17.6 Å². The van der Waals surface area contributed by atoms with E-state index in [0.717, 1.165) is 11.2 Å². The Morgan fingerprint density at radius 1 is 1.19 bits per heavy atom. The Kier molecular flexibility index (Phi) is 3.13. The summed E-state index contributed by atoms with van der Waals surface area (Å²) in [5, 5.41) is 17.7. The average Bonchev–Trinajstić information content (AvgIpc) is 2.15. The summed E-state index contributed by atoms with van der Waals surface area (Å²) in [5.41, 5.74) is 0. The van der Waals surface area contributed by atoms with E-state index in [2.05, 4.69) is 0 Å². The van der Waals surface area contributed by atoms with Crippen molar-refractivity contribution in [3.63, 3.8) is 0 Å². The van der Waals surface area contributed by atoms with Crippen molar-refractivity contribution in [1.29, 1.82) is 0 Å². The fourth-order valence-electron chi connectivity index (χ4n) is 1.80. The van der Waals surface area contributed by atoms with Crippen molar-refractivity contribution >= 4 is 21.9 Å². The van der Waals surface area contributed by atoms with Crippen LogP contribution in [0.2, 0.25) is 0 Å². The van der Waals surface area contributed by atoms with Crippen LogP contribution in [0.15, 0.2) is 0 Å². The number of nitrogens with zero attached hydrogens (tertiary/aromatic N) is 1. The topological polar surface area (TPSA) is 112 Å². The number of amides is 1. The van der Waals surface area contributed by atoms with E-state index in [1.165, 1.54) is 0 Å². The summed E-state index contributed by atoms with van der Waals surface area (Å²) in [7, 11) is -3.76. The minimum absolute atomic E-state index is 0.0747. The van der Waals surface area contributed by atoms with E-state index < -0.39 is 26.6 Å². The van der Waals surface area contributed by atoms with Gasteiger partial charge in [-0.3, -0.25) is 4.79 Å². The van der Waals surface area contributed by atoms with Crippen LogP contribution in [0.3, 0.4) is 0 Å². The zero-order valence-corrected chi connectivity index (χ0v) is 9.53. The molecule has 16 heavy (non-hydrogen) atoms. The summed E-state index contributed by atoms with van der Waals surface area (Å²) in [5.74, 6) is -1.40. The largest absolute Gasteiger partial charge is 0.480 e. The van der Waals surface area contributed by atoms with Crippen LogP contribution in [0, 0.1) is 0 Å². The minimum Gasteiger partial charge on any atom is -0.480 e. The van der Waals surface area contributed by atoms with E-state index in [-0.39, 0.29) is 25.9 Å². The quantitative estimate of drug-likeness (QED) is 0.692. The monoisotopic (exact) mass is 251 g/mol. The maximum atomic E-state index is 11.5. The van der Waals surface area contributed by atoms with Crippen LogP contribution in [0.1, 0.15) is 12.8 Å². The number of sulfone groups is 1. The molecule has 8 heteroatoms. The lowest BCUT2D eigenvalue weighted by Gasteiger charge is -2.36. The summed E-state index contributed by atoms with van der Waals surface area (Å²) in [6.07, 6.45) is -0.689. The number of rotatable bonds is 2. The number of likely N-dealkylation sites (tertiary alicyclic amines) is 1. The van der Waals surface area contributed by atoms with Gasteiger partial charge in [-0.2, -0.15) is 0 Å². The Balaban J connectivity index is 2.96. The van der Waals surface area contributed by atoms with Crippen LogP contribution in [-0.2, 0) is 14.6 Å². The highest BCUT2D eigenvalue weighted by atomic mass is 32.2.